The first-order chi connectivity index (χ1) is 8.16. The molecular formula is C13H13NO3. The van der Waals surface area contributed by atoms with Gasteiger partial charge in [0.05, 0.1) is 0 Å². The smallest absolute Gasteiger partial charge is 0.371 e. The molecule has 4 nitrogen and oxygen atoms in total. The monoisotopic (exact) mass is 231 g/mol. The number of hydrogen-bond donors (Lipinski definition) is 2. The van der Waals surface area contributed by atoms with Gasteiger partial charge in [-0.1, -0.05) is 18.2 Å². The number of para-hydroxylation sites is 1. The molecule has 0 bridgehead atoms. The lowest BCUT2D eigenvalue weighted by Gasteiger charge is -2.04. The lowest BCUT2D eigenvalue weighted by atomic mass is 10.2. The van der Waals surface area contributed by atoms with Gasteiger partial charge in [0, 0.05) is 17.8 Å². The van der Waals surface area contributed by atoms with Gasteiger partial charge in [-0.15, -0.1) is 0 Å². The second-order valence-electron chi connectivity index (χ2n) is 3.72. The normalized spacial score (nSPS) is 10.2. The van der Waals surface area contributed by atoms with Crippen molar-refractivity contribution in [2.45, 2.75) is 13.5 Å². The van der Waals surface area contributed by atoms with Crippen LogP contribution in [0.5, 0.6) is 0 Å². The van der Waals surface area contributed by atoms with Gasteiger partial charge in [0.1, 0.15) is 5.76 Å². The Bertz CT molecular complexity index is 517. The molecule has 1 heterocycles. The third-order valence-corrected chi connectivity index (χ3v) is 2.49. The Labute approximate surface area is 98.9 Å². The van der Waals surface area contributed by atoms with E-state index in [4.69, 9.17) is 9.52 Å². The summed E-state index contributed by atoms with van der Waals surface area (Å²) in [6, 6.07) is 11.3. The maximum absolute atomic E-state index is 10.7. The summed E-state index contributed by atoms with van der Waals surface area (Å²) in [6.07, 6.45) is 0. The Morgan fingerprint density at radius 1 is 1.35 bits per heavy atom. The number of anilines is 1. The molecule has 0 fully saturated rings. The first-order valence-electron chi connectivity index (χ1n) is 5.28. The minimum absolute atomic E-state index is 0.0210. The molecule has 2 N–H and O–H groups in total. The van der Waals surface area contributed by atoms with E-state index >= 15 is 0 Å². The van der Waals surface area contributed by atoms with E-state index in [1.54, 1.807) is 13.0 Å². The molecule has 4 heteroatoms. The van der Waals surface area contributed by atoms with Crippen LogP contribution in [0.4, 0.5) is 5.69 Å². The van der Waals surface area contributed by atoms with Gasteiger partial charge in [-0.3, -0.25) is 0 Å². The number of carboxylic acids is 1. The van der Waals surface area contributed by atoms with Gasteiger partial charge in [-0.25, -0.2) is 4.79 Å². The summed E-state index contributed by atoms with van der Waals surface area (Å²) in [4.78, 5) is 10.7. The summed E-state index contributed by atoms with van der Waals surface area (Å²) < 4.78 is 5.12. The third-order valence-electron chi connectivity index (χ3n) is 2.49. The summed E-state index contributed by atoms with van der Waals surface area (Å²) in [5.74, 6) is -0.433. The number of nitrogens with one attached hydrogen (secondary N) is 1. The lowest BCUT2D eigenvalue weighted by Crippen LogP contribution is -1.99. The van der Waals surface area contributed by atoms with E-state index in [-0.39, 0.29) is 5.76 Å². The lowest BCUT2D eigenvalue weighted by molar-refractivity contribution is 0.0661. The van der Waals surface area contributed by atoms with Gasteiger partial charge in [0.15, 0.2) is 0 Å². The summed E-state index contributed by atoms with van der Waals surface area (Å²) in [7, 11) is 0. The van der Waals surface area contributed by atoms with E-state index in [1.165, 1.54) is 0 Å². The number of carbonyl (C=O) groups is 1. The molecule has 0 atom stereocenters. The molecular weight excluding hydrogens is 218 g/mol. The first-order valence-corrected chi connectivity index (χ1v) is 5.28. The Balaban J connectivity index is 2.07. The van der Waals surface area contributed by atoms with E-state index in [2.05, 4.69) is 5.32 Å². The van der Waals surface area contributed by atoms with Gasteiger partial charge in [-0.05, 0) is 25.1 Å². The van der Waals surface area contributed by atoms with Crippen molar-refractivity contribution in [3.8, 4) is 0 Å². The van der Waals surface area contributed by atoms with Gasteiger partial charge in [0.2, 0.25) is 5.76 Å². The second kappa shape index (κ2) is 4.74. The van der Waals surface area contributed by atoms with Crippen molar-refractivity contribution in [3.05, 3.63) is 53.5 Å². The number of hydrogen-bond acceptors (Lipinski definition) is 3. The number of furan rings is 1. The first kappa shape index (κ1) is 11.3. The zero-order valence-corrected chi connectivity index (χ0v) is 9.43. The summed E-state index contributed by atoms with van der Waals surface area (Å²) in [6.45, 7) is 2.31. The number of benzene rings is 1. The Morgan fingerprint density at radius 3 is 2.65 bits per heavy atom. The van der Waals surface area contributed by atoms with Crippen LogP contribution in [0.15, 0.2) is 40.8 Å². The fourth-order valence-corrected chi connectivity index (χ4v) is 1.55. The maximum atomic E-state index is 10.7. The highest BCUT2D eigenvalue weighted by Crippen LogP contribution is 2.16. The van der Waals surface area contributed by atoms with E-state index in [0.717, 1.165) is 11.3 Å². The van der Waals surface area contributed by atoms with E-state index < -0.39 is 5.97 Å². The molecule has 1 aromatic heterocycles. The number of carboxylic acid groups (broad SMARTS) is 1. The second-order valence-corrected chi connectivity index (χ2v) is 3.72. The Kier molecular flexibility index (Phi) is 3.14. The van der Waals surface area contributed by atoms with Gasteiger partial charge >= 0.3 is 5.97 Å². The minimum atomic E-state index is -1.04. The van der Waals surface area contributed by atoms with Crippen LogP contribution in [0.1, 0.15) is 21.9 Å². The quantitative estimate of drug-likeness (QED) is 0.849. The highest BCUT2D eigenvalue weighted by molar-refractivity contribution is 5.84. The molecule has 0 saturated heterocycles. The van der Waals surface area contributed by atoms with Crippen LogP contribution >= 0.6 is 0 Å². The van der Waals surface area contributed by atoms with E-state index in [0.29, 0.717) is 12.3 Å². The van der Waals surface area contributed by atoms with Crippen LogP contribution in [0, 0.1) is 6.92 Å². The number of aromatic carboxylic acids is 1. The van der Waals surface area contributed by atoms with Crippen LogP contribution in [0.2, 0.25) is 0 Å². The van der Waals surface area contributed by atoms with Crippen LogP contribution in [0.3, 0.4) is 0 Å². The molecule has 0 aliphatic heterocycles. The highest BCUT2D eigenvalue weighted by Gasteiger charge is 2.12. The van der Waals surface area contributed by atoms with Crippen molar-refractivity contribution in [1.82, 2.24) is 0 Å². The fourth-order valence-electron chi connectivity index (χ4n) is 1.55. The van der Waals surface area contributed by atoms with Crippen molar-refractivity contribution >= 4 is 11.7 Å². The van der Waals surface area contributed by atoms with Crippen molar-refractivity contribution in [2.24, 2.45) is 0 Å². The molecule has 2 aromatic rings. The average Bonchev–Trinajstić information content (AvgIpc) is 2.70. The average molecular weight is 231 g/mol. The van der Waals surface area contributed by atoms with Gasteiger partial charge < -0.3 is 14.8 Å². The predicted molar refractivity (Wildman–Crippen MR) is 64.2 cm³/mol. The number of rotatable bonds is 4. The Morgan fingerprint density at radius 2 is 2.06 bits per heavy atom. The molecule has 0 amide bonds. The summed E-state index contributed by atoms with van der Waals surface area (Å²) in [5, 5.41) is 12.0. The van der Waals surface area contributed by atoms with Crippen molar-refractivity contribution < 1.29 is 14.3 Å². The predicted octanol–water partition coefficient (Wildman–Crippen LogP) is 2.90. The zero-order valence-electron chi connectivity index (χ0n) is 9.43. The van der Waals surface area contributed by atoms with Crippen molar-refractivity contribution in [2.75, 3.05) is 5.32 Å². The molecule has 0 radical (unpaired) electrons. The highest BCUT2D eigenvalue weighted by atomic mass is 16.4. The molecule has 17 heavy (non-hydrogen) atoms. The van der Waals surface area contributed by atoms with Crippen molar-refractivity contribution in [3.63, 3.8) is 0 Å². The molecule has 0 spiro atoms. The topological polar surface area (TPSA) is 62.5 Å². The van der Waals surface area contributed by atoms with Gasteiger partial charge in [-0.2, -0.15) is 0 Å². The number of aryl methyl sites for hydroxylation is 1. The maximum Gasteiger partial charge on any atom is 0.371 e. The van der Waals surface area contributed by atoms with Crippen LogP contribution in [0.25, 0.3) is 0 Å². The van der Waals surface area contributed by atoms with Crippen molar-refractivity contribution in [1.29, 1.82) is 0 Å². The van der Waals surface area contributed by atoms with Crippen LogP contribution in [-0.2, 0) is 6.54 Å². The standard InChI is InChI=1S/C13H13NO3/c1-9-10(7-12(17-9)13(15)16)8-14-11-5-3-2-4-6-11/h2-7,14H,8H2,1H3,(H,15,16). The van der Waals surface area contributed by atoms with E-state index in [9.17, 15) is 4.79 Å². The largest absolute Gasteiger partial charge is 0.475 e. The molecule has 2 rings (SSSR count). The molecule has 88 valence electrons. The minimum Gasteiger partial charge on any atom is -0.475 e. The van der Waals surface area contributed by atoms with Crippen LogP contribution < -0.4 is 5.32 Å². The molecule has 0 aliphatic carbocycles. The summed E-state index contributed by atoms with van der Waals surface area (Å²) in [5.41, 5.74) is 1.84. The molecule has 0 saturated carbocycles. The van der Waals surface area contributed by atoms with Gasteiger partial charge in [0.25, 0.3) is 0 Å². The zero-order chi connectivity index (χ0) is 12.3. The molecule has 1 aromatic carbocycles. The van der Waals surface area contributed by atoms with Crippen LogP contribution in [-0.4, -0.2) is 11.1 Å². The third kappa shape index (κ3) is 2.66. The Hall–Kier alpha value is -2.23. The SMILES string of the molecule is Cc1oc(C(=O)O)cc1CNc1ccccc1. The fraction of sp³-hybridized carbons (Fsp3) is 0.154. The molecule has 0 unspecified atom stereocenters. The molecule has 0 aliphatic rings. The summed E-state index contributed by atoms with van der Waals surface area (Å²) >= 11 is 0. The van der Waals surface area contributed by atoms with E-state index in [1.807, 2.05) is 30.3 Å².